The maximum Gasteiger partial charge on any atom is 0.191 e. The van der Waals surface area contributed by atoms with Crippen LogP contribution in [-0.4, -0.2) is 23.7 Å². The van der Waals surface area contributed by atoms with Crippen LogP contribution in [0.1, 0.15) is 71.8 Å². The highest BCUT2D eigenvalue weighted by Crippen LogP contribution is 2.22. The Morgan fingerprint density at radius 1 is 1.22 bits per heavy atom. The summed E-state index contributed by atoms with van der Waals surface area (Å²) in [7, 11) is 0. The Morgan fingerprint density at radius 2 is 1.87 bits per heavy atom. The Labute approximate surface area is 158 Å². The van der Waals surface area contributed by atoms with Gasteiger partial charge in [0.25, 0.3) is 0 Å². The summed E-state index contributed by atoms with van der Waals surface area (Å²) in [5.74, 6) is 2.67. The molecular formula is C17H33IN4O. The zero-order valence-electron chi connectivity index (χ0n) is 15.3. The molecule has 0 aliphatic carbocycles. The second-order valence-electron chi connectivity index (χ2n) is 6.10. The Hall–Kier alpha value is -0.790. The minimum atomic E-state index is 0. The van der Waals surface area contributed by atoms with Gasteiger partial charge in [-0.05, 0) is 32.6 Å². The van der Waals surface area contributed by atoms with Crippen LogP contribution < -0.4 is 10.6 Å². The molecule has 1 heterocycles. The molecule has 0 bridgehead atoms. The fourth-order valence-corrected chi connectivity index (χ4v) is 2.16. The second-order valence-corrected chi connectivity index (χ2v) is 6.10. The smallest absolute Gasteiger partial charge is 0.191 e. The van der Waals surface area contributed by atoms with Crippen LogP contribution in [0.2, 0.25) is 0 Å². The molecule has 0 fully saturated rings. The van der Waals surface area contributed by atoms with E-state index in [1.54, 1.807) is 0 Å². The van der Waals surface area contributed by atoms with Crippen molar-refractivity contribution in [3.63, 3.8) is 0 Å². The number of aliphatic imine (C=N–C) groups is 1. The summed E-state index contributed by atoms with van der Waals surface area (Å²) in [6.45, 7) is 14.3. The first-order valence-electron chi connectivity index (χ1n) is 8.52. The first kappa shape index (κ1) is 22.2. The minimum absolute atomic E-state index is 0. The number of nitrogens with one attached hydrogen (secondary N) is 2. The van der Waals surface area contributed by atoms with Gasteiger partial charge >= 0.3 is 0 Å². The number of nitrogens with zero attached hydrogens (tertiary/aromatic N) is 2. The molecule has 1 atom stereocenters. The van der Waals surface area contributed by atoms with Crippen molar-refractivity contribution in [2.24, 2.45) is 10.9 Å². The standard InChI is InChI=1S/C17H32N4O.HI/c1-7-14(8-2)16-10-15(22-21-16)11-19-17(18-9-3)20-13(6)12(4)5;/h10,12-14H,7-9,11H2,1-6H3,(H2,18,19,20);1H. The van der Waals surface area contributed by atoms with Crippen molar-refractivity contribution >= 4 is 29.9 Å². The Balaban J connectivity index is 0.00000484. The first-order valence-corrected chi connectivity index (χ1v) is 8.52. The van der Waals surface area contributed by atoms with Crippen LogP contribution in [-0.2, 0) is 6.54 Å². The number of aromatic nitrogens is 1. The molecule has 1 rings (SSSR count). The summed E-state index contributed by atoms with van der Waals surface area (Å²) in [4.78, 5) is 4.59. The van der Waals surface area contributed by atoms with Crippen LogP contribution in [0.4, 0.5) is 0 Å². The summed E-state index contributed by atoms with van der Waals surface area (Å²) in [6.07, 6.45) is 2.17. The van der Waals surface area contributed by atoms with E-state index in [1.807, 2.05) is 6.07 Å². The summed E-state index contributed by atoms with van der Waals surface area (Å²) >= 11 is 0. The van der Waals surface area contributed by atoms with E-state index in [9.17, 15) is 0 Å². The Morgan fingerprint density at radius 3 is 2.39 bits per heavy atom. The molecule has 6 heteroatoms. The van der Waals surface area contributed by atoms with Crippen LogP contribution in [0, 0.1) is 5.92 Å². The van der Waals surface area contributed by atoms with Gasteiger partial charge in [-0.15, -0.1) is 24.0 Å². The molecule has 0 saturated heterocycles. The molecule has 23 heavy (non-hydrogen) atoms. The topological polar surface area (TPSA) is 62.5 Å². The molecule has 2 N–H and O–H groups in total. The highest BCUT2D eigenvalue weighted by Gasteiger charge is 2.13. The number of rotatable bonds is 8. The quantitative estimate of drug-likeness (QED) is 0.363. The van der Waals surface area contributed by atoms with E-state index in [2.05, 4.69) is 62.3 Å². The third-order valence-corrected chi connectivity index (χ3v) is 4.08. The van der Waals surface area contributed by atoms with Crippen molar-refractivity contribution in [1.29, 1.82) is 0 Å². The third kappa shape index (κ3) is 7.54. The van der Waals surface area contributed by atoms with Gasteiger partial charge in [-0.2, -0.15) is 0 Å². The van der Waals surface area contributed by atoms with E-state index in [0.717, 1.165) is 36.8 Å². The zero-order valence-corrected chi connectivity index (χ0v) is 17.7. The number of hydrogen-bond donors (Lipinski definition) is 2. The predicted octanol–water partition coefficient (Wildman–Crippen LogP) is 4.30. The highest BCUT2D eigenvalue weighted by molar-refractivity contribution is 14.0. The third-order valence-electron chi connectivity index (χ3n) is 4.08. The lowest BCUT2D eigenvalue weighted by Gasteiger charge is -2.20. The molecule has 0 amide bonds. The normalized spacial score (nSPS) is 13.1. The van der Waals surface area contributed by atoms with Gasteiger partial charge in [0.1, 0.15) is 6.54 Å². The van der Waals surface area contributed by atoms with Crippen LogP contribution in [0.25, 0.3) is 0 Å². The fourth-order valence-electron chi connectivity index (χ4n) is 2.16. The van der Waals surface area contributed by atoms with Crippen LogP contribution >= 0.6 is 24.0 Å². The van der Waals surface area contributed by atoms with Crippen molar-refractivity contribution in [1.82, 2.24) is 15.8 Å². The van der Waals surface area contributed by atoms with Crippen molar-refractivity contribution in [3.05, 3.63) is 17.5 Å². The lowest BCUT2D eigenvalue weighted by Crippen LogP contribution is -2.44. The van der Waals surface area contributed by atoms with Crippen molar-refractivity contribution in [3.8, 4) is 0 Å². The molecule has 0 radical (unpaired) electrons. The summed E-state index contributed by atoms with van der Waals surface area (Å²) in [6, 6.07) is 2.41. The lowest BCUT2D eigenvalue weighted by atomic mass is 9.99. The van der Waals surface area contributed by atoms with Crippen molar-refractivity contribution in [2.45, 2.75) is 72.9 Å². The van der Waals surface area contributed by atoms with E-state index in [4.69, 9.17) is 4.52 Å². The summed E-state index contributed by atoms with van der Waals surface area (Å²) in [5, 5.41) is 10.9. The molecule has 0 spiro atoms. The Bertz CT molecular complexity index is 455. The molecule has 0 saturated carbocycles. The maximum atomic E-state index is 5.42. The molecule has 1 unspecified atom stereocenters. The Kier molecular flexibility index (Phi) is 11.3. The number of guanidine groups is 1. The van der Waals surface area contributed by atoms with Gasteiger partial charge in [0.2, 0.25) is 0 Å². The van der Waals surface area contributed by atoms with Gasteiger partial charge in [0, 0.05) is 24.6 Å². The molecular weight excluding hydrogens is 403 g/mol. The first-order chi connectivity index (χ1) is 10.5. The van der Waals surface area contributed by atoms with E-state index >= 15 is 0 Å². The van der Waals surface area contributed by atoms with Crippen LogP contribution in [0.3, 0.4) is 0 Å². The fraction of sp³-hybridized carbons (Fsp3) is 0.765. The van der Waals surface area contributed by atoms with E-state index in [1.165, 1.54) is 0 Å². The van der Waals surface area contributed by atoms with E-state index in [-0.39, 0.29) is 24.0 Å². The molecule has 5 nitrogen and oxygen atoms in total. The summed E-state index contributed by atoms with van der Waals surface area (Å²) in [5.41, 5.74) is 1.05. The average molecular weight is 436 g/mol. The van der Waals surface area contributed by atoms with Crippen molar-refractivity contribution in [2.75, 3.05) is 6.54 Å². The predicted molar refractivity (Wildman–Crippen MR) is 107 cm³/mol. The maximum absolute atomic E-state index is 5.42. The number of hydrogen-bond acceptors (Lipinski definition) is 3. The van der Waals surface area contributed by atoms with Gasteiger partial charge in [0.05, 0.1) is 5.69 Å². The van der Waals surface area contributed by atoms with Crippen LogP contribution in [0.5, 0.6) is 0 Å². The lowest BCUT2D eigenvalue weighted by molar-refractivity contribution is 0.372. The number of halogens is 1. The average Bonchev–Trinajstić information content (AvgIpc) is 2.95. The highest BCUT2D eigenvalue weighted by atomic mass is 127. The largest absolute Gasteiger partial charge is 0.359 e. The van der Waals surface area contributed by atoms with Gasteiger partial charge in [-0.25, -0.2) is 4.99 Å². The summed E-state index contributed by atoms with van der Waals surface area (Å²) < 4.78 is 5.42. The van der Waals surface area contributed by atoms with Gasteiger partial charge in [-0.1, -0.05) is 32.9 Å². The molecule has 1 aromatic heterocycles. The van der Waals surface area contributed by atoms with Gasteiger partial charge in [-0.3, -0.25) is 0 Å². The molecule has 1 aromatic rings. The molecule has 0 aliphatic heterocycles. The van der Waals surface area contributed by atoms with Crippen LogP contribution in [0.15, 0.2) is 15.6 Å². The SMILES string of the molecule is CCNC(=NCc1cc(C(CC)CC)no1)NC(C)C(C)C.I. The van der Waals surface area contributed by atoms with Gasteiger partial charge < -0.3 is 15.2 Å². The van der Waals surface area contributed by atoms with E-state index < -0.39 is 0 Å². The monoisotopic (exact) mass is 436 g/mol. The van der Waals surface area contributed by atoms with Gasteiger partial charge in [0.15, 0.2) is 11.7 Å². The minimum Gasteiger partial charge on any atom is -0.359 e. The zero-order chi connectivity index (χ0) is 16.5. The molecule has 0 aliphatic rings. The second kappa shape index (κ2) is 11.7. The van der Waals surface area contributed by atoms with E-state index in [0.29, 0.717) is 24.4 Å². The molecule has 134 valence electrons. The molecule has 0 aromatic carbocycles. The van der Waals surface area contributed by atoms with Crippen molar-refractivity contribution < 1.29 is 4.52 Å².